The Kier molecular flexibility index (Phi) is 7.19. The molecule has 0 radical (unpaired) electrons. The molecule has 21 heavy (non-hydrogen) atoms. The predicted molar refractivity (Wildman–Crippen MR) is 94.1 cm³/mol. The van der Waals surface area contributed by atoms with Gasteiger partial charge in [0.2, 0.25) is 0 Å². The van der Waals surface area contributed by atoms with Crippen molar-refractivity contribution in [2.75, 3.05) is 20.3 Å². The Morgan fingerprint density at radius 1 is 1.19 bits per heavy atom. The Labute approximate surface area is 145 Å². The molecule has 0 atom stereocenters. The van der Waals surface area contributed by atoms with Crippen molar-refractivity contribution in [3.8, 4) is 5.75 Å². The van der Waals surface area contributed by atoms with Crippen molar-refractivity contribution in [1.82, 2.24) is 5.32 Å². The van der Waals surface area contributed by atoms with Crippen LogP contribution in [0.4, 0.5) is 0 Å². The van der Waals surface area contributed by atoms with Crippen LogP contribution in [0.15, 0.2) is 38.6 Å². The van der Waals surface area contributed by atoms with Crippen LogP contribution in [0.2, 0.25) is 0 Å². The highest BCUT2D eigenvalue weighted by atomic mass is 79.9. The third kappa shape index (κ3) is 5.38. The molecule has 0 saturated carbocycles. The monoisotopic (exact) mass is 433 g/mol. The lowest BCUT2D eigenvalue weighted by Gasteiger charge is -2.10. The Morgan fingerprint density at radius 2 is 2.05 bits per heavy atom. The maximum absolute atomic E-state index is 5.85. The van der Waals surface area contributed by atoms with Crippen LogP contribution in [0.1, 0.15) is 10.4 Å². The van der Waals surface area contributed by atoms with E-state index in [0.29, 0.717) is 6.61 Å². The minimum absolute atomic E-state index is 0.572. The van der Waals surface area contributed by atoms with E-state index in [9.17, 15) is 0 Å². The lowest BCUT2D eigenvalue weighted by Crippen LogP contribution is -2.18. The third-order valence-corrected chi connectivity index (χ3v) is 5.38. The first-order valence-electron chi connectivity index (χ1n) is 6.53. The summed E-state index contributed by atoms with van der Waals surface area (Å²) in [5.74, 6) is 0.857. The van der Waals surface area contributed by atoms with Gasteiger partial charge in [0.25, 0.3) is 0 Å². The summed E-state index contributed by atoms with van der Waals surface area (Å²) in [6.07, 6.45) is 0. The van der Waals surface area contributed by atoms with Gasteiger partial charge in [0.05, 0.1) is 16.0 Å². The van der Waals surface area contributed by atoms with Gasteiger partial charge in [0, 0.05) is 24.7 Å². The number of methoxy groups -OCH3 is 1. The van der Waals surface area contributed by atoms with Crippen LogP contribution in [0.3, 0.4) is 0 Å². The van der Waals surface area contributed by atoms with E-state index in [-0.39, 0.29) is 0 Å². The molecule has 1 N–H and O–H groups in total. The highest BCUT2D eigenvalue weighted by molar-refractivity contribution is 9.10. The third-order valence-electron chi connectivity index (χ3n) is 2.86. The van der Waals surface area contributed by atoms with Crippen LogP contribution in [0.25, 0.3) is 0 Å². The molecule has 0 aliphatic heterocycles. The normalized spacial score (nSPS) is 10.8. The fourth-order valence-electron chi connectivity index (χ4n) is 1.75. The maximum atomic E-state index is 5.85. The first-order chi connectivity index (χ1) is 10.2. The molecule has 2 rings (SSSR count). The van der Waals surface area contributed by atoms with E-state index in [0.717, 1.165) is 34.4 Å². The molecule has 0 fully saturated rings. The van der Waals surface area contributed by atoms with E-state index in [2.05, 4.69) is 49.3 Å². The van der Waals surface area contributed by atoms with Crippen molar-refractivity contribution in [1.29, 1.82) is 0 Å². The number of thiophene rings is 1. The Morgan fingerprint density at radius 3 is 2.71 bits per heavy atom. The standard InChI is InChI=1S/C15H17Br2NO2S/c1-19-6-5-18-9-11-2-3-14(13(17)8-11)20-10-15-12(16)4-7-21-15/h2-4,7-8,18H,5-6,9-10H2,1H3. The molecule has 0 unspecified atom stereocenters. The van der Waals surface area contributed by atoms with Gasteiger partial charge in [-0.15, -0.1) is 11.3 Å². The van der Waals surface area contributed by atoms with Crippen molar-refractivity contribution in [3.05, 3.63) is 49.0 Å². The fraction of sp³-hybridized carbons (Fsp3) is 0.333. The second-order valence-electron chi connectivity index (χ2n) is 4.41. The number of hydrogen-bond acceptors (Lipinski definition) is 4. The first kappa shape index (κ1) is 17.0. The SMILES string of the molecule is COCCNCc1ccc(OCc2sccc2Br)c(Br)c1. The molecule has 0 aliphatic carbocycles. The Balaban J connectivity index is 1.88. The van der Waals surface area contributed by atoms with Gasteiger partial charge in [-0.1, -0.05) is 6.07 Å². The van der Waals surface area contributed by atoms with Crippen molar-refractivity contribution >= 4 is 43.2 Å². The zero-order valence-corrected chi connectivity index (χ0v) is 15.7. The zero-order valence-electron chi connectivity index (χ0n) is 11.7. The molecule has 1 heterocycles. The van der Waals surface area contributed by atoms with Gasteiger partial charge in [0.1, 0.15) is 12.4 Å². The van der Waals surface area contributed by atoms with E-state index in [4.69, 9.17) is 9.47 Å². The molecule has 114 valence electrons. The van der Waals surface area contributed by atoms with Crippen LogP contribution in [-0.4, -0.2) is 20.3 Å². The number of rotatable bonds is 8. The number of ether oxygens (including phenoxy) is 2. The second-order valence-corrected chi connectivity index (χ2v) is 7.12. The maximum Gasteiger partial charge on any atom is 0.134 e. The smallest absolute Gasteiger partial charge is 0.134 e. The molecule has 6 heteroatoms. The highest BCUT2D eigenvalue weighted by Gasteiger charge is 2.06. The number of hydrogen-bond donors (Lipinski definition) is 1. The summed E-state index contributed by atoms with van der Waals surface area (Å²) >= 11 is 8.76. The van der Waals surface area contributed by atoms with Crippen molar-refractivity contribution in [3.63, 3.8) is 0 Å². The summed E-state index contributed by atoms with van der Waals surface area (Å²) in [7, 11) is 1.70. The van der Waals surface area contributed by atoms with E-state index in [1.807, 2.05) is 17.5 Å². The summed E-state index contributed by atoms with van der Waals surface area (Å²) < 4.78 is 12.9. The quantitative estimate of drug-likeness (QED) is 0.616. The van der Waals surface area contributed by atoms with E-state index >= 15 is 0 Å². The van der Waals surface area contributed by atoms with Gasteiger partial charge >= 0.3 is 0 Å². The average Bonchev–Trinajstić information content (AvgIpc) is 2.88. The van der Waals surface area contributed by atoms with Gasteiger partial charge in [-0.25, -0.2) is 0 Å². The molecular formula is C15H17Br2NO2S. The summed E-state index contributed by atoms with van der Waals surface area (Å²) in [5.41, 5.74) is 1.21. The molecule has 3 nitrogen and oxygen atoms in total. The number of benzene rings is 1. The van der Waals surface area contributed by atoms with Gasteiger partial charge in [-0.05, 0) is 61.0 Å². The van der Waals surface area contributed by atoms with Crippen molar-refractivity contribution in [2.45, 2.75) is 13.2 Å². The molecule has 0 saturated heterocycles. The number of halogens is 2. The molecule has 0 bridgehead atoms. The predicted octanol–water partition coefficient (Wildman–Crippen LogP) is 4.59. The van der Waals surface area contributed by atoms with E-state index < -0.39 is 0 Å². The summed E-state index contributed by atoms with van der Waals surface area (Å²) in [4.78, 5) is 1.19. The van der Waals surface area contributed by atoms with Gasteiger partial charge in [0.15, 0.2) is 0 Å². The van der Waals surface area contributed by atoms with E-state index in [1.54, 1.807) is 18.4 Å². The molecule has 2 aromatic rings. The summed E-state index contributed by atoms with van der Waals surface area (Å²) in [5, 5.41) is 5.37. The Hall–Kier alpha value is -0.400. The van der Waals surface area contributed by atoms with Crippen molar-refractivity contribution in [2.24, 2.45) is 0 Å². The number of nitrogens with one attached hydrogen (secondary N) is 1. The van der Waals surface area contributed by atoms with Crippen LogP contribution in [-0.2, 0) is 17.9 Å². The van der Waals surface area contributed by atoms with Crippen LogP contribution < -0.4 is 10.1 Å². The summed E-state index contributed by atoms with van der Waals surface area (Å²) in [6.45, 7) is 2.96. The average molecular weight is 435 g/mol. The fourth-order valence-corrected chi connectivity index (χ4v) is 3.67. The van der Waals surface area contributed by atoms with Crippen LogP contribution in [0, 0.1) is 0 Å². The topological polar surface area (TPSA) is 30.5 Å². The van der Waals surface area contributed by atoms with Crippen molar-refractivity contribution < 1.29 is 9.47 Å². The molecule has 1 aromatic carbocycles. The lowest BCUT2D eigenvalue weighted by molar-refractivity contribution is 0.199. The molecular weight excluding hydrogens is 418 g/mol. The first-order valence-corrected chi connectivity index (χ1v) is 9.00. The lowest BCUT2D eigenvalue weighted by atomic mass is 10.2. The molecule has 0 amide bonds. The minimum atomic E-state index is 0.572. The molecule has 1 aromatic heterocycles. The van der Waals surface area contributed by atoms with Gasteiger partial charge in [-0.2, -0.15) is 0 Å². The van der Waals surface area contributed by atoms with E-state index in [1.165, 1.54) is 10.4 Å². The van der Waals surface area contributed by atoms with Gasteiger partial charge in [-0.3, -0.25) is 0 Å². The van der Waals surface area contributed by atoms with Crippen LogP contribution >= 0.6 is 43.2 Å². The Bertz CT molecular complexity index is 575. The van der Waals surface area contributed by atoms with Crippen LogP contribution in [0.5, 0.6) is 5.75 Å². The highest BCUT2D eigenvalue weighted by Crippen LogP contribution is 2.29. The second kappa shape index (κ2) is 8.90. The van der Waals surface area contributed by atoms with Gasteiger partial charge < -0.3 is 14.8 Å². The summed E-state index contributed by atoms with van der Waals surface area (Å²) in [6, 6.07) is 8.19. The largest absolute Gasteiger partial charge is 0.487 e. The minimum Gasteiger partial charge on any atom is -0.487 e. The molecule has 0 aliphatic rings. The molecule has 0 spiro atoms. The zero-order chi connectivity index (χ0) is 15.1.